The first-order chi connectivity index (χ1) is 9.75. The number of hydrogen-bond donors (Lipinski definition) is 1. The summed E-state index contributed by atoms with van der Waals surface area (Å²) in [4.78, 5) is 4.52. The van der Waals surface area contributed by atoms with Crippen LogP contribution in [0.4, 0.5) is 0 Å². The second-order valence-corrected chi connectivity index (χ2v) is 6.25. The number of rotatable bonds is 4. The van der Waals surface area contributed by atoms with Gasteiger partial charge in [-0.05, 0) is 37.0 Å². The normalized spacial score (nSPS) is 20.4. The van der Waals surface area contributed by atoms with E-state index in [2.05, 4.69) is 51.4 Å². The summed E-state index contributed by atoms with van der Waals surface area (Å²) in [6, 6.07) is 8.79. The van der Waals surface area contributed by atoms with Gasteiger partial charge in [-0.1, -0.05) is 28.1 Å². The van der Waals surface area contributed by atoms with Crippen LogP contribution < -0.4 is 5.32 Å². The molecular formula is C16H19BrN2O. The van der Waals surface area contributed by atoms with Gasteiger partial charge in [0.2, 0.25) is 0 Å². The maximum Gasteiger partial charge on any atom is 0.0758 e. The average Bonchev–Trinajstić information content (AvgIpc) is 3.01. The fourth-order valence-electron chi connectivity index (χ4n) is 2.72. The summed E-state index contributed by atoms with van der Waals surface area (Å²) in [6.45, 7) is 4.87. The Labute approximate surface area is 127 Å². The Morgan fingerprint density at radius 3 is 3.15 bits per heavy atom. The van der Waals surface area contributed by atoms with Crippen LogP contribution >= 0.6 is 15.9 Å². The lowest BCUT2D eigenvalue weighted by atomic mass is 10.0. The molecule has 0 bridgehead atoms. The van der Waals surface area contributed by atoms with Crippen molar-refractivity contribution in [1.82, 2.24) is 10.3 Å². The first kappa shape index (κ1) is 14.0. The summed E-state index contributed by atoms with van der Waals surface area (Å²) >= 11 is 3.59. The van der Waals surface area contributed by atoms with Gasteiger partial charge in [0.25, 0.3) is 0 Å². The topological polar surface area (TPSA) is 34.2 Å². The van der Waals surface area contributed by atoms with E-state index in [1.807, 2.05) is 12.3 Å². The Morgan fingerprint density at radius 1 is 1.45 bits per heavy atom. The SMILES string of the molecule is C[C@H](NCc1ccc(Br)c2cccnc12)[C@H]1CCOC1. The van der Waals surface area contributed by atoms with E-state index in [1.165, 1.54) is 10.9 Å². The third-order valence-electron chi connectivity index (χ3n) is 4.09. The van der Waals surface area contributed by atoms with Crippen molar-refractivity contribution in [2.24, 2.45) is 5.92 Å². The van der Waals surface area contributed by atoms with Gasteiger partial charge >= 0.3 is 0 Å². The molecular weight excluding hydrogens is 316 g/mol. The fourth-order valence-corrected chi connectivity index (χ4v) is 3.18. The molecule has 1 N–H and O–H groups in total. The van der Waals surface area contributed by atoms with E-state index in [0.717, 1.165) is 36.2 Å². The summed E-state index contributed by atoms with van der Waals surface area (Å²) in [5.74, 6) is 0.629. The Hall–Kier alpha value is -0.970. The zero-order chi connectivity index (χ0) is 13.9. The molecule has 2 aromatic rings. The molecule has 1 aliphatic heterocycles. The standard InChI is InChI=1S/C16H19BrN2O/c1-11(13-6-8-20-10-13)19-9-12-4-5-15(17)14-3-2-7-18-16(12)14/h2-5,7,11,13,19H,6,8-10H2,1H3/t11-,13-/m0/s1. The summed E-state index contributed by atoms with van der Waals surface area (Å²) in [5, 5.41) is 4.79. The molecule has 20 heavy (non-hydrogen) atoms. The number of fused-ring (bicyclic) bond motifs is 1. The van der Waals surface area contributed by atoms with Crippen LogP contribution in [-0.4, -0.2) is 24.2 Å². The van der Waals surface area contributed by atoms with Gasteiger partial charge in [-0.15, -0.1) is 0 Å². The molecule has 3 rings (SSSR count). The number of benzene rings is 1. The summed E-state index contributed by atoms with van der Waals surface area (Å²) in [7, 11) is 0. The molecule has 0 aliphatic carbocycles. The highest BCUT2D eigenvalue weighted by molar-refractivity contribution is 9.10. The van der Waals surface area contributed by atoms with Crippen LogP contribution in [0.5, 0.6) is 0 Å². The summed E-state index contributed by atoms with van der Waals surface area (Å²) < 4.78 is 6.56. The van der Waals surface area contributed by atoms with Crippen LogP contribution in [0, 0.1) is 5.92 Å². The van der Waals surface area contributed by atoms with E-state index in [4.69, 9.17) is 4.74 Å². The lowest BCUT2D eigenvalue weighted by Gasteiger charge is -2.19. The van der Waals surface area contributed by atoms with E-state index in [-0.39, 0.29) is 0 Å². The van der Waals surface area contributed by atoms with Crippen LogP contribution in [-0.2, 0) is 11.3 Å². The number of nitrogens with zero attached hydrogens (tertiary/aromatic N) is 1. The molecule has 0 unspecified atom stereocenters. The minimum absolute atomic E-state index is 0.472. The van der Waals surface area contributed by atoms with Crippen molar-refractivity contribution in [2.45, 2.75) is 25.9 Å². The highest BCUT2D eigenvalue weighted by Crippen LogP contribution is 2.25. The Bertz CT molecular complexity index is 596. The van der Waals surface area contributed by atoms with Gasteiger partial charge in [0, 0.05) is 35.2 Å². The molecule has 4 heteroatoms. The minimum atomic E-state index is 0.472. The van der Waals surface area contributed by atoms with Crippen molar-refractivity contribution in [3.63, 3.8) is 0 Å². The maximum absolute atomic E-state index is 5.46. The van der Waals surface area contributed by atoms with Crippen LogP contribution in [0.1, 0.15) is 18.9 Å². The van der Waals surface area contributed by atoms with Crippen LogP contribution in [0.3, 0.4) is 0 Å². The first-order valence-electron chi connectivity index (χ1n) is 7.09. The van der Waals surface area contributed by atoms with Crippen LogP contribution in [0.2, 0.25) is 0 Å². The van der Waals surface area contributed by atoms with Gasteiger partial charge in [0.15, 0.2) is 0 Å². The smallest absolute Gasteiger partial charge is 0.0758 e. The number of hydrogen-bond acceptors (Lipinski definition) is 3. The Balaban J connectivity index is 1.76. The molecule has 0 spiro atoms. The second-order valence-electron chi connectivity index (χ2n) is 5.40. The number of nitrogens with one attached hydrogen (secondary N) is 1. The predicted octanol–water partition coefficient (Wildman–Crippen LogP) is 3.51. The predicted molar refractivity (Wildman–Crippen MR) is 84.7 cm³/mol. The number of halogens is 1. The molecule has 106 valence electrons. The van der Waals surface area contributed by atoms with E-state index >= 15 is 0 Å². The summed E-state index contributed by atoms with van der Waals surface area (Å²) in [6.07, 6.45) is 3.01. The van der Waals surface area contributed by atoms with Crippen molar-refractivity contribution in [3.8, 4) is 0 Å². The van der Waals surface area contributed by atoms with Crippen molar-refractivity contribution >= 4 is 26.8 Å². The van der Waals surface area contributed by atoms with Gasteiger partial charge in [0.1, 0.15) is 0 Å². The molecule has 0 saturated carbocycles. The number of pyridine rings is 1. The molecule has 0 amide bonds. The molecule has 1 saturated heterocycles. The number of aromatic nitrogens is 1. The molecule has 1 aromatic carbocycles. The second kappa shape index (κ2) is 6.20. The van der Waals surface area contributed by atoms with Gasteiger partial charge in [-0.25, -0.2) is 0 Å². The molecule has 1 fully saturated rings. The van der Waals surface area contributed by atoms with Crippen molar-refractivity contribution in [2.75, 3.05) is 13.2 Å². The van der Waals surface area contributed by atoms with Crippen molar-refractivity contribution in [3.05, 3.63) is 40.5 Å². The molecule has 1 aliphatic rings. The van der Waals surface area contributed by atoms with E-state index in [9.17, 15) is 0 Å². The van der Waals surface area contributed by atoms with Gasteiger partial charge in [0.05, 0.1) is 12.1 Å². The lowest BCUT2D eigenvalue weighted by molar-refractivity contribution is 0.178. The lowest BCUT2D eigenvalue weighted by Crippen LogP contribution is -2.33. The Kier molecular flexibility index (Phi) is 4.34. The first-order valence-corrected chi connectivity index (χ1v) is 7.88. The van der Waals surface area contributed by atoms with Gasteiger partial charge < -0.3 is 10.1 Å². The van der Waals surface area contributed by atoms with E-state index < -0.39 is 0 Å². The van der Waals surface area contributed by atoms with Crippen molar-refractivity contribution < 1.29 is 4.74 Å². The summed E-state index contributed by atoms with van der Waals surface area (Å²) in [5.41, 5.74) is 2.32. The van der Waals surface area contributed by atoms with Crippen molar-refractivity contribution in [1.29, 1.82) is 0 Å². The van der Waals surface area contributed by atoms with E-state index in [1.54, 1.807) is 0 Å². The van der Waals surface area contributed by atoms with Gasteiger partial charge in [-0.3, -0.25) is 4.98 Å². The monoisotopic (exact) mass is 334 g/mol. The van der Waals surface area contributed by atoms with Gasteiger partial charge in [-0.2, -0.15) is 0 Å². The van der Waals surface area contributed by atoms with Crippen LogP contribution in [0.15, 0.2) is 34.9 Å². The quantitative estimate of drug-likeness (QED) is 0.928. The number of ether oxygens (including phenoxy) is 1. The minimum Gasteiger partial charge on any atom is -0.381 e. The molecule has 2 heterocycles. The molecule has 1 aromatic heterocycles. The Morgan fingerprint density at radius 2 is 2.35 bits per heavy atom. The highest BCUT2D eigenvalue weighted by Gasteiger charge is 2.21. The zero-order valence-corrected chi connectivity index (χ0v) is 13.2. The molecule has 0 radical (unpaired) electrons. The van der Waals surface area contributed by atoms with E-state index in [0.29, 0.717) is 12.0 Å². The largest absolute Gasteiger partial charge is 0.381 e. The zero-order valence-electron chi connectivity index (χ0n) is 11.6. The molecule has 2 atom stereocenters. The molecule has 3 nitrogen and oxygen atoms in total. The van der Waals surface area contributed by atoms with Crippen LogP contribution in [0.25, 0.3) is 10.9 Å². The fraction of sp³-hybridized carbons (Fsp3) is 0.438. The maximum atomic E-state index is 5.46. The highest BCUT2D eigenvalue weighted by atomic mass is 79.9. The average molecular weight is 335 g/mol. The third kappa shape index (κ3) is 2.87. The third-order valence-corrected chi connectivity index (χ3v) is 4.78.